The highest BCUT2D eigenvalue weighted by atomic mass is 32.2. The molecule has 0 saturated carbocycles. The summed E-state index contributed by atoms with van der Waals surface area (Å²) in [5, 5.41) is 3.06. The van der Waals surface area contributed by atoms with Gasteiger partial charge in [-0.2, -0.15) is 4.72 Å². The highest BCUT2D eigenvalue weighted by Gasteiger charge is 2.25. The van der Waals surface area contributed by atoms with E-state index in [0.29, 0.717) is 10.6 Å². The number of sulfonamides is 1. The molecule has 1 aromatic rings. The average molecular weight is 254 g/mol. The molecule has 0 radical (unpaired) electrons. The second-order valence-electron chi connectivity index (χ2n) is 4.95. The summed E-state index contributed by atoms with van der Waals surface area (Å²) in [7, 11) is -3.32. The van der Waals surface area contributed by atoms with Crippen molar-refractivity contribution in [1.82, 2.24) is 4.72 Å². The van der Waals surface area contributed by atoms with Gasteiger partial charge in [0.25, 0.3) is 0 Å². The minimum Gasteiger partial charge on any atom is -0.370 e. The van der Waals surface area contributed by atoms with E-state index in [1.807, 2.05) is 12.1 Å². The first-order valence-corrected chi connectivity index (χ1v) is 7.23. The van der Waals surface area contributed by atoms with Crippen molar-refractivity contribution in [2.75, 3.05) is 12.0 Å². The Morgan fingerprint density at radius 2 is 2.06 bits per heavy atom. The zero-order valence-electron chi connectivity index (χ0n) is 10.4. The Kier molecular flexibility index (Phi) is 2.91. The molecule has 0 atom stereocenters. The molecule has 17 heavy (non-hydrogen) atoms. The molecule has 1 aliphatic heterocycles. The quantitative estimate of drug-likeness (QED) is 0.849. The lowest BCUT2D eigenvalue weighted by Crippen LogP contribution is -2.34. The van der Waals surface area contributed by atoms with Gasteiger partial charge in [0.05, 0.1) is 12.4 Å². The number of anilines is 1. The fraction of sp³-hybridized carbons (Fsp3) is 0.500. The lowest BCUT2D eigenvalue weighted by molar-refractivity contribution is 0.505. The molecule has 94 valence electrons. The summed E-state index contributed by atoms with van der Waals surface area (Å²) in [5.74, 6) is 0. The fourth-order valence-electron chi connectivity index (χ4n) is 1.83. The summed E-state index contributed by atoms with van der Waals surface area (Å²) in [6, 6.07) is 5.52. The number of hydrogen-bond donors (Lipinski definition) is 2. The third-order valence-corrected chi connectivity index (χ3v) is 4.93. The van der Waals surface area contributed by atoms with Crippen LogP contribution in [0.1, 0.15) is 32.8 Å². The van der Waals surface area contributed by atoms with Crippen LogP contribution in [0.3, 0.4) is 0 Å². The molecule has 0 saturated heterocycles. The van der Waals surface area contributed by atoms with Gasteiger partial charge in [0.2, 0.25) is 10.0 Å². The van der Waals surface area contributed by atoms with E-state index < -0.39 is 10.0 Å². The molecular formula is C12H18N2O2S. The number of rotatable bonds is 2. The van der Waals surface area contributed by atoms with E-state index in [9.17, 15) is 8.42 Å². The molecule has 5 heteroatoms. The van der Waals surface area contributed by atoms with Crippen LogP contribution in [0.5, 0.6) is 0 Å². The summed E-state index contributed by atoms with van der Waals surface area (Å²) in [6.07, 6.45) is 1.01. The smallest absolute Gasteiger partial charge is 0.244 e. The molecule has 0 fully saturated rings. The average Bonchev–Trinajstić information content (AvgIpc) is 2.28. The minimum atomic E-state index is -3.32. The SMILES string of the molecule is CCC(C)(C)c1ccc2c(c1)NCNS2(=O)=O. The lowest BCUT2D eigenvalue weighted by Gasteiger charge is -2.26. The standard InChI is InChI=1S/C12H18N2O2S/c1-4-12(2,3)9-5-6-11-10(7-9)13-8-14-17(11,15)16/h5-7,13-14H,4,8H2,1-3H3. The first-order valence-electron chi connectivity index (χ1n) is 5.75. The highest BCUT2D eigenvalue weighted by Crippen LogP contribution is 2.32. The maximum absolute atomic E-state index is 11.8. The molecule has 4 nitrogen and oxygen atoms in total. The molecule has 0 unspecified atom stereocenters. The van der Waals surface area contributed by atoms with Crippen LogP contribution < -0.4 is 10.0 Å². The second-order valence-corrected chi connectivity index (χ2v) is 6.69. The first-order chi connectivity index (χ1) is 7.87. The van der Waals surface area contributed by atoms with Crippen LogP contribution in [0.2, 0.25) is 0 Å². The summed E-state index contributed by atoms with van der Waals surface area (Å²) < 4.78 is 26.0. The van der Waals surface area contributed by atoms with Crippen molar-refractivity contribution in [2.45, 2.75) is 37.5 Å². The van der Waals surface area contributed by atoms with Crippen LogP contribution in [0.25, 0.3) is 0 Å². The Morgan fingerprint density at radius 1 is 1.35 bits per heavy atom. The first kappa shape index (κ1) is 12.4. The van der Waals surface area contributed by atoms with Gasteiger partial charge in [-0.25, -0.2) is 8.42 Å². The van der Waals surface area contributed by atoms with Crippen LogP contribution in [-0.2, 0) is 15.4 Å². The Labute approximate surface area is 102 Å². The van der Waals surface area contributed by atoms with Gasteiger partial charge >= 0.3 is 0 Å². The van der Waals surface area contributed by atoms with Gasteiger partial charge in [-0.3, -0.25) is 0 Å². The molecule has 2 N–H and O–H groups in total. The van der Waals surface area contributed by atoms with Crippen LogP contribution in [-0.4, -0.2) is 15.1 Å². The molecule has 1 aliphatic rings. The van der Waals surface area contributed by atoms with E-state index in [0.717, 1.165) is 12.0 Å². The van der Waals surface area contributed by atoms with Crippen molar-refractivity contribution < 1.29 is 8.42 Å². The maximum Gasteiger partial charge on any atom is 0.244 e. The van der Waals surface area contributed by atoms with Crippen molar-refractivity contribution in [1.29, 1.82) is 0 Å². The van der Waals surface area contributed by atoms with Gasteiger partial charge < -0.3 is 5.32 Å². The monoisotopic (exact) mass is 254 g/mol. The molecule has 2 rings (SSSR count). The summed E-state index contributed by atoms with van der Waals surface area (Å²) in [6.45, 7) is 6.70. The van der Waals surface area contributed by atoms with Crippen molar-refractivity contribution in [3.8, 4) is 0 Å². The van der Waals surface area contributed by atoms with E-state index in [1.54, 1.807) is 6.07 Å². The van der Waals surface area contributed by atoms with E-state index in [2.05, 4.69) is 30.8 Å². The molecule has 0 spiro atoms. The number of nitrogens with one attached hydrogen (secondary N) is 2. The van der Waals surface area contributed by atoms with E-state index in [-0.39, 0.29) is 12.1 Å². The van der Waals surface area contributed by atoms with Crippen molar-refractivity contribution in [3.05, 3.63) is 23.8 Å². The van der Waals surface area contributed by atoms with Gasteiger partial charge in [0, 0.05) is 0 Å². The van der Waals surface area contributed by atoms with E-state index in [4.69, 9.17) is 0 Å². The van der Waals surface area contributed by atoms with Gasteiger partial charge in [-0.05, 0) is 29.5 Å². The molecule has 0 amide bonds. The van der Waals surface area contributed by atoms with Crippen molar-refractivity contribution in [2.24, 2.45) is 0 Å². The molecule has 1 aromatic carbocycles. The lowest BCUT2D eigenvalue weighted by atomic mass is 9.82. The predicted octanol–water partition coefficient (Wildman–Crippen LogP) is 2.04. The maximum atomic E-state index is 11.8. The van der Waals surface area contributed by atoms with Crippen LogP contribution in [0, 0.1) is 0 Å². The van der Waals surface area contributed by atoms with E-state index in [1.165, 1.54) is 0 Å². The molecule has 1 heterocycles. The Hall–Kier alpha value is -1.07. The van der Waals surface area contributed by atoms with Crippen molar-refractivity contribution >= 4 is 15.7 Å². The van der Waals surface area contributed by atoms with Crippen molar-refractivity contribution in [3.63, 3.8) is 0 Å². The Morgan fingerprint density at radius 3 is 2.71 bits per heavy atom. The fourth-order valence-corrected chi connectivity index (χ4v) is 2.92. The molecular weight excluding hydrogens is 236 g/mol. The van der Waals surface area contributed by atoms with Crippen LogP contribution in [0.15, 0.2) is 23.1 Å². The van der Waals surface area contributed by atoms with Crippen LogP contribution in [0.4, 0.5) is 5.69 Å². The Bertz CT molecular complexity index is 535. The van der Waals surface area contributed by atoms with Gasteiger partial charge in [0.1, 0.15) is 4.90 Å². The molecule has 0 aromatic heterocycles. The number of fused-ring (bicyclic) bond motifs is 1. The number of hydrogen-bond acceptors (Lipinski definition) is 3. The van der Waals surface area contributed by atoms with Gasteiger partial charge in [-0.15, -0.1) is 0 Å². The third kappa shape index (κ3) is 2.17. The zero-order chi connectivity index (χ0) is 12.7. The molecule has 0 aliphatic carbocycles. The predicted molar refractivity (Wildman–Crippen MR) is 68.6 cm³/mol. The Balaban J connectivity index is 2.53. The summed E-state index contributed by atoms with van der Waals surface area (Å²) in [5.41, 5.74) is 1.91. The zero-order valence-corrected chi connectivity index (χ0v) is 11.2. The highest BCUT2D eigenvalue weighted by molar-refractivity contribution is 7.89. The van der Waals surface area contributed by atoms with Gasteiger partial charge in [-0.1, -0.05) is 26.8 Å². The second kappa shape index (κ2) is 3.99. The largest absolute Gasteiger partial charge is 0.370 e. The topological polar surface area (TPSA) is 58.2 Å². The number of benzene rings is 1. The third-order valence-electron chi connectivity index (χ3n) is 3.48. The summed E-state index contributed by atoms with van der Waals surface area (Å²) >= 11 is 0. The molecule has 0 bridgehead atoms. The minimum absolute atomic E-state index is 0.0609. The van der Waals surface area contributed by atoms with Gasteiger partial charge in [0.15, 0.2) is 0 Å². The van der Waals surface area contributed by atoms with Crippen LogP contribution >= 0.6 is 0 Å². The summed E-state index contributed by atoms with van der Waals surface area (Å²) in [4.78, 5) is 0.333. The van der Waals surface area contributed by atoms with E-state index >= 15 is 0 Å². The normalized spacial score (nSPS) is 18.3.